The number of hydrogen-bond acceptors (Lipinski definition) is 1. The van der Waals surface area contributed by atoms with Crippen LogP contribution < -0.4 is 0 Å². The van der Waals surface area contributed by atoms with Gasteiger partial charge in [0.15, 0.2) is 13.3 Å². The van der Waals surface area contributed by atoms with Crippen molar-refractivity contribution in [3.8, 4) is 11.1 Å². The number of hydrazone groups is 1. The van der Waals surface area contributed by atoms with Gasteiger partial charge in [0, 0.05) is 17.9 Å². The van der Waals surface area contributed by atoms with Crippen molar-refractivity contribution in [1.29, 1.82) is 0 Å². The van der Waals surface area contributed by atoms with Crippen LogP contribution in [-0.2, 0) is 5.41 Å². The molecular weight excluding hydrogens is 340 g/mol. The summed E-state index contributed by atoms with van der Waals surface area (Å²) in [6, 6.07) is 17.9. The molecule has 0 amide bonds. The van der Waals surface area contributed by atoms with Gasteiger partial charge in [-0.05, 0) is 62.8 Å². The van der Waals surface area contributed by atoms with E-state index in [1.165, 1.54) is 38.6 Å². The summed E-state index contributed by atoms with van der Waals surface area (Å²) in [5.41, 5.74) is 8.68. The highest BCUT2D eigenvalue weighted by Crippen LogP contribution is 2.51. The summed E-state index contributed by atoms with van der Waals surface area (Å²) >= 11 is 0. The van der Waals surface area contributed by atoms with E-state index >= 15 is 0 Å². The second kappa shape index (κ2) is 6.56. The SMILES string of the molecule is C=C/C(=N/[N+](C)=C/C)c1cc2c(cc1C)C(C)(C)c1c-2ccc2ccccc12. The first-order valence-electron chi connectivity index (χ1n) is 9.80. The van der Waals surface area contributed by atoms with Crippen LogP contribution in [0.1, 0.15) is 43.0 Å². The van der Waals surface area contributed by atoms with Gasteiger partial charge in [0.05, 0.1) is 0 Å². The lowest BCUT2D eigenvalue weighted by molar-refractivity contribution is -0.497. The predicted octanol–water partition coefficient (Wildman–Crippen LogP) is 6.08. The Morgan fingerprint density at radius 2 is 1.82 bits per heavy atom. The lowest BCUT2D eigenvalue weighted by atomic mass is 9.79. The Bertz CT molecular complexity index is 1180. The van der Waals surface area contributed by atoms with Gasteiger partial charge in [0.2, 0.25) is 0 Å². The first-order valence-corrected chi connectivity index (χ1v) is 9.80. The van der Waals surface area contributed by atoms with E-state index in [9.17, 15) is 0 Å². The fraction of sp³-hybridized carbons (Fsp3) is 0.231. The van der Waals surface area contributed by atoms with E-state index in [1.54, 1.807) is 0 Å². The molecule has 0 spiro atoms. The van der Waals surface area contributed by atoms with E-state index in [0.717, 1.165) is 11.3 Å². The lowest BCUT2D eigenvalue weighted by Crippen LogP contribution is -2.16. The summed E-state index contributed by atoms with van der Waals surface area (Å²) < 4.78 is 1.83. The third-order valence-electron chi connectivity index (χ3n) is 5.99. The maximum atomic E-state index is 4.69. The summed E-state index contributed by atoms with van der Waals surface area (Å²) in [5.74, 6) is 0. The molecule has 2 nitrogen and oxygen atoms in total. The molecule has 1 aliphatic carbocycles. The van der Waals surface area contributed by atoms with Crippen molar-refractivity contribution in [3.63, 3.8) is 0 Å². The van der Waals surface area contributed by atoms with E-state index in [1.807, 2.05) is 30.9 Å². The molecule has 3 aromatic carbocycles. The van der Waals surface area contributed by atoms with Gasteiger partial charge in [-0.3, -0.25) is 0 Å². The fourth-order valence-electron chi connectivity index (χ4n) is 4.46. The smallest absolute Gasteiger partial charge is 0.0978 e. The number of fused-ring (bicyclic) bond motifs is 5. The van der Waals surface area contributed by atoms with Gasteiger partial charge < -0.3 is 0 Å². The Hall–Kier alpha value is -3.00. The number of aryl methyl sites for hydroxylation is 1. The molecule has 0 fully saturated rings. The van der Waals surface area contributed by atoms with Crippen molar-refractivity contribution in [3.05, 3.63) is 83.4 Å². The molecule has 1 aliphatic rings. The molecular formula is C26H27N2+. The van der Waals surface area contributed by atoms with Crippen molar-refractivity contribution < 1.29 is 4.68 Å². The van der Waals surface area contributed by atoms with Gasteiger partial charge in [-0.2, -0.15) is 0 Å². The summed E-state index contributed by atoms with van der Waals surface area (Å²) in [7, 11) is 1.94. The second-order valence-electron chi connectivity index (χ2n) is 8.07. The van der Waals surface area contributed by atoms with Gasteiger partial charge in [-0.1, -0.05) is 67.6 Å². The van der Waals surface area contributed by atoms with Crippen molar-refractivity contribution in [2.75, 3.05) is 7.05 Å². The molecule has 0 bridgehead atoms. The fourth-order valence-corrected chi connectivity index (χ4v) is 4.46. The van der Waals surface area contributed by atoms with Gasteiger partial charge in [0.25, 0.3) is 0 Å². The lowest BCUT2D eigenvalue weighted by Gasteiger charge is -2.23. The van der Waals surface area contributed by atoms with Gasteiger partial charge in [-0.15, -0.1) is 0 Å². The van der Waals surface area contributed by atoms with E-state index in [4.69, 9.17) is 0 Å². The van der Waals surface area contributed by atoms with Gasteiger partial charge >= 0.3 is 0 Å². The number of rotatable bonds is 3. The Labute approximate surface area is 167 Å². The molecule has 2 heteroatoms. The van der Waals surface area contributed by atoms with Crippen LogP contribution >= 0.6 is 0 Å². The quantitative estimate of drug-likeness (QED) is 0.303. The molecule has 0 aromatic heterocycles. The molecule has 0 unspecified atom stereocenters. The highest BCUT2D eigenvalue weighted by atomic mass is 15.3. The molecule has 0 radical (unpaired) electrons. The number of nitrogens with zero attached hydrogens (tertiary/aromatic N) is 2. The first-order chi connectivity index (χ1) is 13.4. The summed E-state index contributed by atoms with van der Waals surface area (Å²) in [6.07, 6.45) is 3.78. The summed E-state index contributed by atoms with van der Waals surface area (Å²) in [4.78, 5) is 0. The number of benzene rings is 3. The molecule has 0 N–H and O–H groups in total. The molecule has 0 atom stereocenters. The molecule has 0 saturated carbocycles. The number of hydrogen-bond donors (Lipinski definition) is 0. The van der Waals surface area contributed by atoms with Crippen LogP contribution in [0.4, 0.5) is 0 Å². The Morgan fingerprint density at radius 3 is 2.54 bits per heavy atom. The standard InChI is InChI=1S/C26H27N2/c1-7-24(27-28(6)8-2)21-16-22-20-14-13-18-11-9-10-12-19(18)25(20)26(4,5)23(22)15-17(21)3/h7-16H,1H2,2-6H3/q+1/b27-24-,28-8+. The Balaban J connectivity index is 2.02. The van der Waals surface area contributed by atoms with Crippen LogP contribution in [0.2, 0.25) is 0 Å². The molecule has 3 aromatic rings. The van der Waals surface area contributed by atoms with Crippen molar-refractivity contribution in [2.24, 2.45) is 5.10 Å². The molecule has 0 aliphatic heterocycles. The molecule has 28 heavy (non-hydrogen) atoms. The van der Waals surface area contributed by atoms with Crippen LogP contribution in [0.25, 0.3) is 21.9 Å². The van der Waals surface area contributed by atoms with E-state index in [-0.39, 0.29) is 5.41 Å². The second-order valence-corrected chi connectivity index (χ2v) is 8.07. The van der Waals surface area contributed by atoms with Crippen LogP contribution in [-0.4, -0.2) is 23.7 Å². The van der Waals surface area contributed by atoms with E-state index < -0.39 is 0 Å². The highest BCUT2D eigenvalue weighted by Gasteiger charge is 2.37. The zero-order valence-electron chi connectivity index (χ0n) is 17.4. The van der Waals surface area contributed by atoms with E-state index in [0.29, 0.717) is 0 Å². The first kappa shape index (κ1) is 18.4. The Kier molecular flexibility index (Phi) is 4.30. The van der Waals surface area contributed by atoms with Crippen LogP contribution in [0.15, 0.2) is 66.3 Å². The predicted molar refractivity (Wildman–Crippen MR) is 121 cm³/mol. The van der Waals surface area contributed by atoms with Crippen LogP contribution in [0.3, 0.4) is 0 Å². The van der Waals surface area contributed by atoms with Crippen LogP contribution in [0, 0.1) is 6.92 Å². The zero-order valence-corrected chi connectivity index (χ0v) is 17.4. The minimum absolute atomic E-state index is 0.0334. The largest absolute Gasteiger partial charge is 0.169 e. The average Bonchev–Trinajstić information content (AvgIpc) is 2.92. The normalized spacial score (nSPS) is 15.5. The maximum Gasteiger partial charge on any atom is 0.169 e. The summed E-state index contributed by atoms with van der Waals surface area (Å²) in [6.45, 7) is 12.8. The van der Waals surface area contributed by atoms with Crippen molar-refractivity contribution in [2.45, 2.75) is 33.1 Å². The molecule has 140 valence electrons. The van der Waals surface area contributed by atoms with Crippen molar-refractivity contribution in [1.82, 2.24) is 0 Å². The average molecular weight is 368 g/mol. The summed E-state index contributed by atoms with van der Waals surface area (Å²) in [5, 5.41) is 7.33. The van der Waals surface area contributed by atoms with Crippen molar-refractivity contribution >= 4 is 22.7 Å². The maximum absolute atomic E-state index is 4.69. The monoisotopic (exact) mass is 367 g/mol. The third-order valence-corrected chi connectivity index (χ3v) is 5.99. The molecule has 4 rings (SSSR count). The Morgan fingerprint density at radius 1 is 1.07 bits per heavy atom. The minimum atomic E-state index is -0.0334. The molecule has 0 saturated heterocycles. The van der Waals surface area contributed by atoms with Crippen LogP contribution in [0.5, 0.6) is 0 Å². The van der Waals surface area contributed by atoms with Gasteiger partial charge in [0.1, 0.15) is 5.71 Å². The highest BCUT2D eigenvalue weighted by molar-refractivity contribution is 6.10. The third kappa shape index (κ3) is 2.63. The van der Waals surface area contributed by atoms with E-state index in [2.05, 4.69) is 81.0 Å². The zero-order chi connectivity index (χ0) is 20.1. The minimum Gasteiger partial charge on any atom is -0.0978 e. The van der Waals surface area contributed by atoms with Gasteiger partial charge in [-0.25, -0.2) is 0 Å². The molecule has 0 heterocycles. The topological polar surface area (TPSA) is 15.4 Å². The number of allylic oxidation sites excluding steroid dienone is 1.